The summed E-state index contributed by atoms with van der Waals surface area (Å²) in [5, 5.41) is 3.52. The van der Waals surface area contributed by atoms with E-state index >= 15 is 0 Å². The van der Waals surface area contributed by atoms with E-state index in [9.17, 15) is 0 Å². The van der Waals surface area contributed by atoms with Crippen molar-refractivity contribution in [1.29, 1.82) is 0 Å². The monoisotopic (exact) mass is 221 g/mol. The quantitative estimate of drug-likeness (QED) is 0.465. The molecule has 0 spiro atoms. The van der Waals surface area contributed by atoms with Gasteiger partial charge in [0.15, 0.2) is 0 Å². The molecule has 88 valence electrons. The second-order valence-electron chi connectivity index (χ2n) is 3.82. The minimum Gasteiger partial charge on any atom is -0.494 e. The van der Waals surface area contributed by atoms with Gasteiger partial charge in [-0.1, -0.05) is 0 Å². The molecule has 4 heteroatoms. The summed E-state index contributed by atoms with van der Waals surface area (Å²) in [6, 6.07) is 5.95. The zero-order chi connectivity index (χ0) is 12.0. The highest BCUT2D eigenvalue weighted by Gasteiger charge is 2.05. The van der Waals surface area contributed by atoms with Gasteiger partial charge in [0.1, 0.15) is 5.75 Å². The maximum atomic E-state index is 5.57. The molecule has 0 aromatic heterocycles. The Morgan fingerprint density at radius 2 is 2.19 bits per heavy atom. The molecule has 0 aliphatic heterocycles. The lowest BCUT2D eigenvalue weighted by Gasteiger charge is -2.14. The van der Waals surface area contributed by atoms with Gasteiger partial charge in [-0.2, -0.15) is 5.10 Å². The molecule has 1 aromatic rings. The van der Waals surface area contributed by atoms with Crippen molar-refractivity contribution < 1.29 is 4.74 Å². The van der Waals surface area contributed by atoms with Gasteiger partial charge in [-0.25, -0.2) is 0 Å². The molecule has 0 aliphatic rings. The molecule has 4 nitrogen and oxygen atoms in total. The average Bonchev–Trinajstić information content (AvgIpc) is 2.22. The van der Waals surface area contributed by atoms with Crippen LogP contribution in [0.15, 0.2) is 23.3 Å². The highest BCUT2D eigenvalue weighted by atomic mass is 16.5. The van der Waals surface area contributed by atoms with Crippen LogP contribution >= 0.6 is 0 Å². The summed E-state index contributed by atoms with van der Waals surface area (Å²) in [7, 11) is 4.05. The molecule has 0 saturated heterocycles. The van der Waals surface area contributed by atoms with E-state index in [2.05, 4.69) is 10.0 Å². The van der Waals surface area contributed by atoms with Crippen LogP contribution in [0.4, 0.5) is 0 Å². The van der Waals surface area contributed by atoms with E-state index in [1.807, 2.05) is 39.2 Å². The van der Waals surface area contributed by atoms with Crippen LogP contribution in [-0.2, 0) is 6.54 Å². The van der Waals surface area contributed by atoms with Crippen molar-refractivity contribution in [3.05, 3.63) is 29.3 Å². The first-order valence-corrected chi connectivity index (χ1v) is 5.31. The number of rotatable bonds is 5. The van der Waals surface area contributed by atoms with Gasteiger partial charge < -0.3 is 15.5 Å². The molecule has 0 amide bonds. The van der Waals surface area contributed by atoms with Gasteiger partial charge in [0, 0.05) is 12.1 Å². The third-order valence-electron chi connectivity index (χ3n) is 2.09. The molecule has 1 rings (SSSR count). The summed E-state index contributed by atoms with van der Waals surface area (Å²) in [6.07, 6.45) is 1.63. The van der Waals surface area contributed by atoms with Gasteiger partial charge in [-0.3, -0.25) is 0 Å². The highest BCUT2D eigenvalue weighted by molar-refractivity contribution is 5.80. The van der Waals surface area contributed by atoms with E-state index in [1.165, 1.54) is 0 Å². The number of ether oxygens (including phenoxy) is 1. The molecule has 0 unspecified atom stereocenters. The SMILES string of the molecule is CCOc1ccc(C=NN)cc1CN(C)C. The number of hydrogen-bond acceptors (Lipinski definition) is 4. The molecule has 0 atom stereocenters. The van der Waals surface area contributed by atoms with Crippen molar-refractivity contribution in [3.63, 3.8) is 0 Å². The fourth-order valence-corrected chi connectivity index (χ4v) is 1.53. The van der Waals surface area contributed by atoms with Crippen LogP contribution in [0.25, 0.3) is 0 Å². The van der Waals surface area contributed by atoms with Crippen LogP contribution < -0.4 is 10.6 Å². The minimum absolute atomic E-state index is 0.671. The number of hydrazone groups is 1. The zero-order valence-corrected chi connectivity index (χ0v) is 10.1. The van der Waals surface area contributed by atoms with Crippen molar-refractivity contribution in [2.24, 2.45) is 10.9 Å². The van der Waals surface area contributed by atoms with Crippen LogP contribution in [0, 0.1) is 0 Å². The maximum Gasteiger partial charge on any atom is 0.123 e. The molecule has 0 radical (unpaired) electrons. The third kappa shape index (κ3) is 3.55. The maximum absolute atomic E-state index is 5.57. The van der Waals surface area contributed by atoms with Crippen molar-refractivity contribution in [2.75, 3.05) is 20.7 Å². The van der Waals surface area contributed by atoms with E-state index < -0.39 is 0 Å². The summed E-state index contributed by atoms with van der Waals surface area (Å²) in [4.78, 5) is 2.10. The zero-order valence-electron chi connectivity index (χ0n) is 10.1. The van der Waals surface area contributed by atoms with Gasteiger partial charge in [-0.05, 0) is 44.8 Å². The van der Waals surface area contributed by atoms with Crippen molar-refractivity contribution in [2.45, 2.75) is 13.5 Å². The fourth-order valence-electron chi connectivity index (χ4n) is 1.53. The van der Waals surface area contributed by atoms with E-state index in [4.69, 9.17) is 10.6 Å². The lowest BCUT2D eigenvalue weighted by Crippen LogP contribution is -2.12. The minimum atomic E-state index is 0.671. The first-order chi connectivity index (χ1) is 7.67. The summed E-state index contributed by atoms with van der Waals surface area (Å²) in [5.74, 6) is 6.06. The Bertz CT molecular complexity index is 361. The summed E-state index contributed by atoms with van der Waals surface area (Å²) in [5.41, 5.74) is 2.13. The molecule has 0 bridgehead atoms. The Labute approximate surface area is 96.7 Å². The standard InChI is InChI=1S/C12H19N3O/c1-4-16-12-6-5-10(8-14-13)7-11(12)9-15(2)3/h5-8H,4,9,13H2,1-3H3. The molecule has 0 aliphatic carbocycles. The van der Waals surface area contributed by atoms with Crippen LogP contribution in [0.5, 0.6) is 5.75 Å². The Morgan fingerprint density at radius 1 is 1.44 bits per heavy atom. The largest absolute Gasteiger partial charge is 0.494 e. The lowest BCUT2D eigenvalue weighted by molar-refractivity contribution is 0.325. The topological polar surface area (TPSA) is 50.9 Å². The molecule has 2 N–H and O–H groups in total. The smallest absolute Gasteiger partial charge is 0.123 e. The Balaban J connectivity index is 3.00. The van der Waals surface area contributed by atoms with Gasteiger partial charge in [0.25, 0.3) is 0 Å². The fraction of sp³-hybridized carbons (Fsp3) is 0.417. The second kappa shape index (κ2) is 6.12. The van der Waals surface area contributed by atoms with Crippen LogP contribution in [0.2, 0.25) is 0 Å². The molecular weight excluding hydrogens is 202 g/mol. The van der Waals surface area contributed by atoms with Gasteiger partial charge in [0.2, 0.25) is 0 Å². The molecule has 0 heterocycles. The number of hydrogen-bond donors (Lipinski definition) is 1. The van der Waals surface area contributed by atoms with Crippen molar-refractivity contribution in [3.8, 4) is 5.75 Å². The summed E-state index contributed by atoms with van der Waals surface area (Å²) >= 11 is 0. The summed E-state index contributed by atoms with van der Waals surface area (Å²) in [6.45, 7) is 3.49. The van der Waals surface area contributed by atoms with Gasteiger partial charge in [-0.15, -0.1) is 0 Å². The first kappa shape index (κ1) is 12.5. The predicted molar refractivity (Wildman–Crippen MR) is 66.8 cm³/mol. The Kier molecular flexibility index (Phi) is 4.79. The second-order valence-corrected chi connectivity index (χ2v) is 3.82. The normalized spacial score (nSPS) is 11.2. The van der Waals surface area contributed by atoms with Crippen molar-refractivity contribution in [1.82, 2.24) is 4.90 Å². The lowest BCUT2D eigenvalue weighted by atomic mass is 10.1. The molecule has 0 saturated carbocycles. The number of nitrogens with two attached hydrogens (primary N) is 1. The first-order valence-electron chi connectivity index (χ1n) is 5.31. The van der Waals surface area contributed by atoms with E-state index in [-0.39, 0.29) is 0 Å². The third-order valence-corrected chi connectivity index (χ3v) is 2.09. The molecule has 1 aromatic carbocycles. The Morgan fingerprint density at radius 3 is 2.75 bits per heavy atom. The number of nitrogens with zero attached hydrogens (tertiary/aromatic N) is 2. The molecular formula is C12H19N3O. The van der Waals surface area contributed by atoms with E-state index in [0.29, 0.717) is 6.61 Å². The molecule has 16 heavy (non-hydrogen) atoms. The highest BCUT2D eigenvalue weighted by Crippen LogP contribution is 2.20. The Hall–Kier alpha value is -1.55. The van der Waals surface area contributed by atoms with E-state index in [1.54, 1.807) is 6.21 Å². The van der Waals surface area contributed by atoms with Crippen LogP contribution in [0.1, 0.15) is 18.1 Å². The van der Waals surface area contributed by atoms with Crippen LogP contribution in [0.3, 0.4) is 0 Å². The number of benzene rings is 1. The van der Waals surface area contributed by atoms with E-state index in [0.717, 1.165) is 23.4 Å². The van der Waals surface area contributed by atoms with Gasteiger partial charge in [0.05, 0.1) is 12.8 Å². The average molecular weight is 221 g/mol. The predicted octanol–water partition coefficient (Wildman–Crippen LogP) is 1.44. The van der Waals surface area contributed by atoms with Crippen molar-refractivity contribution >= 4 is 6.21 Å². The molecule has 0 fully saturated rings. The summed E-state index contributed by atoms with van der Waals surface area (Å²) < 4.78 is 5.57. The van der Waals surface area contributed by atoms with Crippen LogP contribution in [-0.4, -0.2) is 31.8 Å². The van der Waals surface area contributed by atoms with Gasteiger partial charge >= 0.3 is 0 Å².